The lowest BCUT2D eigenvalue weighted by Crippen LogP contribution is -2.30. The number of aliphatic hydroxyl groups excluding tert-OH is 1. The highest BCUT2D eigenvalue weighted by Gasteiger charge is 2.30. The second-order valence-corrected chi connectivity index (χ2v) is 33.8. The first-order chi connectivity index (χ1) is 50.3. The number of carbonyl (C=O) groups is 4. The molecule has 3 N–H and O–H groups in total. The number of hydrogen-bond donors (Lipinski definition) is 3. The highest BCUT2D eigenvalue weighted by Crippen LogP contribution is 2.45. The Bertz CT molecular complexity index is 2110. The van der Waals surface area contributed by atoms with Crippen LogP contribution in [0.2, 0.25) is 0 Å². The van der Waals surface area contributed by atoms with Crippen LogP contribution < -0.4 is 0 Å². The third kappa shape index (κ3) is 75.0. The number of allylic oxidation sites excluding steroid dienone is 4. The Morgan fingerprint density at radius 3 is 0.856 bits per heavy atom. The molecule has 0 spiro atoms. The summed E-state index contributed by atoms with van der Waals surface area (Å²) < 4.78 is 68.8. The summed E-state index contributed by atoms with van der Waals surface area (Å²) in [4.78, 5) is 73.1. The number of aliphatic hydroxyl groups is 1. The Morgan fingerprint density at radius 1 is 0.317 bits per heavy atom. The van der Waals surface area contributed by atoms with Crippen molar-refractivity contribution in [2.45, 2.75) is 439 Å². The molecule has 0 aliphatic heterocycles. The van der Waals surface area contributed by atoms with E-state index < -0.39 is 97.5 Å². The van der Waals surface area contributed by atoms with E-state index in [0.717, 1.165) is 127 Å². The van der Waals surface area contributed by atoms with Crippen molar-refractivity contribution in [1.82, 2.24) is 0 Å². The minimum atomic E-state index is -4.97. The second-order valence-electron chi connectivity index (χ2n) is 30.8. The second kappa shape index (κ2) is 74.6. The molecule has 0 aliphatic carbocycles. The van der Waals surface area contributed by atoms with Gasteiger partial charge in [0.05, 0.1) is 26.4 Å². The third-order valence-electron chi connectivity index (χ3n) is 20.0. The molecule has 19 heteroatoms. The predicted octanol–water partition coefficient (Wildman–Crippen LogP) is 25.3. The van der Waals surface area contributed by atoms with Gasteiger partial charge in [-0.15, -0.1) is 0 Å². The number of esters is 4. The molecule has 104 heavy (non-hydrogen) atoms. The quantitative estimate of drug-likeness (QED) is 0.0169. The maximum Gasteiger partial charge on any atom is 0.472 e. The number of ether oxygens (including phenoxy) is 4. The number of rotatable bonds is 81. The van der Waals surface area contributed by atoms with E-state index in [0.29, 0.717) is 25.7 Å². The van der Waals surface area contributed by atoms with Crippen molar-refractivity contribution < 1.29 is 80.2 Å². The van der Waals surface area contributed by atoms with Crippen LogP contribution >= 0.6 is 15.6 Å². The van der Waals surface area contributed by atoms with Crippen LogP contribution in [0.25, 0.3) is 0 Å². The van der Waals surface area contributed by atoms with Crippen molar-refractivity contribution in [2.24, 2.45) is 17.8 Å². The number of hydrogen-bond acceptors (Lipinski definition) is 15. The number of phosphoric acid groups is 2. The summed E-state index contributed by atoms with van der Waals surface area (Å²) in [5.74, 6) is 0.258. The molecule has 0 aromatic carbocycles. The summed E-state index contributed by atoms with van der Waals surface area (Å²) in [6.07, 6.45) is 67.4. The minimum Gasteiger partial charge on any atom is -0.462 e. The van der Waals surface area contributed by atoms with E-state index in [1.54, 1.807) is 0 Å². The van der Waals surface area contributed by atoms with Gasteiger partial charge in [0.2, 0.25) is 0 Å². The summed E-state index contributed by atoms with van der Waals surface area (Å²) in [5.41, 5.74) is 0. The number of phosphoric ester groups is 2. The Kier molecular flexibility index (Phi) is 72.9. The molecule has 614 valence electrons. The van der Waals surface area contributed by atoms with Gasteiger partial charge in [-0.2, -0.15) is 0 Å². The summed E-state index contributed by atoms with van der Waals surface area (Å²) >= 11 is 0. The Labute approximate surface area is 637 Å². The SMILES string of the molecule is CCCCCC/C=C\C=C/CCCCCCCC(=O)O[C@H](COC(=O)CCCCCCCCCCCCCCCCC(C)CC)COP(=O)(O)OC[C@@H](O)COP(=O)(O)OC[C@@H](COC(=O)CCCCCCCCC(C)CC)OC(=O)CCCCCCCCCCCCCCCCCCCCC(C)C. The molecule has 0 aromatic rings. The maximum absolute atomic E-state index is 13.1. The van der Waals surface area contributed by atoms with E-state index in [-0.39, 0.29) is 25.7 Å². The molecule has 17 nitrogen and oxygen atoms in total. The van der Waals surface area contributed by atoms with Gasteiger partial charge in [0.15, 0.2) is 12.2 Å². The average Bonchev–Trinajstić information content (AvgIpc) is 1.01. The van der Waals surface area contributed by atoms with E-state index in [9.17, 15) is 43.2 Å². The Morgan fingerprint density at radius 2 is 0.567 bits per heavy atom. The lowest BCUT2D eigenvalue weighted by Gasteiger charge is -2.21. The lowest BCUT2D eigenvalue weighted by molar-refractivity contribution is -0.161. The van der Waals surface area contributed by atoms with Crippen LogP contribution in [0.15, 0.2) is 24.3 Å². The van der Waals surface area contributed by atoms with Gasteiger partial charge in [0.1, 0.15) is 19.3 Å². The molecule has 0 amide bonds. The smallest absolute Gasteiger partial charge is 0.462 e. The van der Waals surface area contributed by atoms with Crippen LogP contribution in [-0.2, 0) is 65.4 Å². The predicted molar refractivity (Wildman–Crippen MR) is 427 cm³/mol. The molecule has 0 saturated carbocycles. The normalized spacial score (nSPS) is 14.6. The molecular formula is C85H162O17P2. The third-order valence-corrected chi connectivity index (χ3v) is 21.9. The molecule has 0 saturated heterocycles. The van der Waals surface area contributed by atoms with Crippen molar-refractivity contribution in [3.63, 3.8) is 0 Å². The van der Waals surface area contributed by atoms with Gasteiger partial charge in [0.25, 0.3) is 0 Å². The van der Waals surface area contributed by atoms with Crippen LogP contribution in [0, 0.1) is 17.8 Å². The lowest BCUT2D eigenvalue weighted by atomic mass is 9.99. The van der Waals surface area contributed by atoms with E-state index in [1.807, 2.05) is 0 Å². The van der Waals surface area contributed by atoms with E-state index in [1.165, 1.54) is 212 Å². The Hall–Kier alpha value is -2.46. The fourth-order valence-electron chi connectivity index (χ4n) is 12.6. The van der Waals surface area contributed by atoms with Crippen LogP contribution in [0.5, 0.6) is 0 Å². The molecule has 0 rings (SSSR count). The van der Waals surface area contributed by atoms with Crippen LogP contribution in [-0.4, -0.2) is 96.7 Å². The molecule has 0 radical (unpaired) electrons. The average molecular weight is 1520 g/mol. The maximum atomic E-state index is 13.1. The summed E-state index contributed by atoms with van der Waals surface area (Å²) in [6.45, 7) is 11.9. The highest BCUT2D eigenvalue weighted by molar-refractivity contribution is 7.47. The largest absolute Gasteiger partial charge is 0.472 e. The van der Waals surface area contributed by atoms with E-state index >= 15 is 0 Å². The molecule has 0 bridgehead atoms. The van der Waals surface area contributed by atoms with Crippen molar-refractivity contribution in [1.29, 1.82) is 0 Å². The van der Waals surface area contributed by atoms with Gasteiger partial charge in [-0.1, -0.05) is 368 Å². The summed E-state index contributed by atoms with van der Waals surface area (Å²) in [7, 11) is -9.94. The zero-order valence-electron chi connectivity index (χ0n) is 68.0. The van der Waals surface area contributed by atoms with Crippen LogP contribution in [0.4, 0.5) is 0 Å². The van der Waals surface area contributed by atoms with Gasteiger partial charge in [-0.25, -0.2) is 9.13 Å². The van der Waals surface area contributed by atoms with Gasteiger partial charge < -0.3 is 33.8 Å². The number of unbranched alkanes of at least 4 members (excludes halogenated alkanes) is 44. The number of carbonyl (C=O) groups excluding carboxylic acids is 4. The molecule has 0 heterocycles. The van der Waals surface area contributed by atoms with Crippen LogP contribution in [0.1, 0.15) is 421 Å². The summed E-state index contributed by atoms with van der Waals surface area (Å²) in [5, 5.41) is 10.7. The molecule has 7 atom stereocenters. The van der Waals surface area contributed by atoms with Gasteiger partial charge in [0, 0.05) is 25.7 Å². The first-order valence-electron chi connectivity index (χ1n) is 43.2. The fraction of sp³-hybridized carbons (Fsp3) is 0.906. The van der Waals surface area contributed by atoms with Gasteiger partial charge in [-0.3, -0.25) is 37.3 Å². The van der Waals surface area contributed by atoms with E-state index in [4.69, 9.17) is 37.0 Å². The monoisotopic (exact) mass is 1520 g/mol. The minimum absolute atomic E-state index is 0.0852. The first kappa shape index (κ1) is 102. The molecule has 0 aliphatic rings. The van der Waals surface area contributed by atoms with Crippen molar-refractivity contribution in [3.8, 4) is 0 Å². The van der Waals surface area contributed by atoms with Crippen molar-refractivity contribution >= 4 is 39.5 Å². The van der Waals surface area contributed by atoms with Crippen molar-refractivity contribution in [2.75, 3.05) is 39.6 Å². The first-order valence-corrected chi connectivity index (χ1v) is 46.2. The van der Waals surface area contributed by atoms with E-state index in [2.05, 4.69) is 72.8 Å². The zero-order chi connectivity index (χ0) is 76.5. The van der Waals surface area contributed by atoms with Crippen LogP contribution in [0.3, 0.4) is 0 Å². The van der Waals surface area contributed by atoms with Gasteiger partial charge in [-0.05, 0) is 69.1 Å². The molecule has 4 unspecified atom stereocenters. The highest BCUT2D eigenvalue weighted by atomic mass is 31.2. The molecular weight excluding hydrogens is 1350 g/mol. The summed E-state index contributed by atoms with van der Waals surface area (Å²) in [6, 6.07) is 0. The topological polar surface area (TPSA) is 237 Å². The zero-order valence-corrected chi connectivity index (χ0v) is 69.8. The molecule has 0 fully saturated rings. The standard InChI is InChI=1S/C85H162O17P2/c1-8-11-12-13-14-15-16-17-22-30-35-40-45-54-61-68-84(89)101-80(72-95-82(87)66-59-52-44-39-34-29-26-25-28-33-38-43-50-57-64-77(6)9-2)74-99-103(91,92)97-70-79(86)71-98-104(93,94)100-75-81(73-96-83(88)67-60-53-48-47-51-58-65-78(7)10-3)102-85(90)69-62-55-46-41-36-31-24-21-19-18-20-23-27-32-37-42-49-56-63-76(4)5/h15-17,22,76-81,86H,8-14,18-21,23-75H2,1-7H3,(H,91,92)(H,93,94)/b16-15-,22-17-/t77?,78?,79-,80-,81-/m1/s1. The fourth-order valence-corrected chi connectivity index (χ4v) is 14.2. The molecule has 0 aromatic heterocycles. The Balaban J connectivity index is 5.24. The van der Waals surface area contributed by atoms with Gasteiger partial charge >= 0.3 is 39.5 Å². The van der Waals surface area contributed by atoms with Crippen molar-refractivity contribution in [3.05, 3.63) is 24.3 Å².